The first-order chi connectivity index (χ1) is 13.1. The lowest BCUT2D eigenvalue weighted by molar-refractivity contribution is 0.0780. The number of anilines is 1. The molecule has 4 rings (SSSR count). The Morgan fingerprint density at radius 1 is 1.44 bits per heavy atom. The predicted octanol–water partition coefficient (Wildman–Crippen LogP) is 3.05. The van der Waals surface area contributed by atoms with E-state index in [1.54, 1.807) is 13.3 Å². The van der Waals surface area contributed by atoms with Crippen LogP contribution in [0, 0.1) is 11.3 Å². The highest BCUT2D eigenvalue weighted by Gasteiger charge is 2.28. The van der Waals surface area contributed by atoms with Crippen molar-refractivity contribution >= 4 is 5.82 Å². The molecule has 136 valence electrons. The van der Waals surface area contributed by atoms with Gasteiger partial charge in [0, 0.05) is 29.1 Å². The Hall–Kier alpha value is -3.37. The van der Waals surface area contributed by atoms with E-state index < -0.39 is 0 Å². The number of rotatable bonds is 4. The number of nitrogen functional groups attached to an aromatic ring is 1. The second-order valence-corrected chi connectivity index (χ2v) is 6.41. The summed E-state index contributed by atoms with van der Waals surface area (Å²) in [6.07, 6.45) is 3.49. The van der Waals surface area contributed by atoms with Crippen LogP contribution >= 0.6 is 0 Å². The van der Waals surface area contributed by atoms with Crippen molar-refractivity contribution in [1.29, 1.82) is 5.26 Å². The molecule has 7 nitrogen and oxygen atoms in total. The molecule has 1 atom stereocenters. The Kier molecular flexibility index (Phi) is 4.26. The van der Waals surface area contributed by atoms with E-state index in [2.05, 4.69) is 16.2 Å². The van der Waals surface area contributed by atoms with Crippen molar-refractivity contribution in [3.05, 3.63) is 59.0 Å². The van der Waals surface area contributed by atoms with Crippen LogP contribution in [0.5, 0.6) is 5.75 Å². The number of ether oxygens (including phenoxy) is 2. The van der Waals surface area contributed by atoms with Gasteiger partial charge in [-0.25, -0.2) is 4.98 Å². The summed E-state index contributed by atoms with van der Waals surface area (Å²) in [6.45, 7) is 2.90. The summed E-state index contributed by atoms with van der Waals surface area (Å²) in [5.41, 5.74) is 10.8. The van der Waals surface area contributed by atoms with Crippen LogP contribution in [0.4, 0.5) is 5.82 Å². The van der Waals surface area contributed by atoms with Gasteiger partial charge >= 0.3 is 0 Å². The second-order valence-electron chi connectivity index (χ2n) is 6.41. The molecule has 0 spiro atoms. The monoisotopic (exact) mass is 361 g/mol. The standard InChI is InChI=1S/C20H19N5O2/c1-12-19-16(11-27-12)18(15(9-21)20(22)24-19)13-4-5-17(26-2)14(8-13)10-25-7-3-6-23-25/h3-8,12H,10-11H2,1-2H3,(H2,22,24)/t12-/m0/s1. The molecule has 2 aromatic heterocycles. The van der Waals surface area contributed by atoms with Crippen molar-refractivity contribution in [2.75, 3.05) is 12.8 Å². The van der Waals surface area contributed by atoms with Gasteiger partial charge in [-0.15, -0.1) is 0 Å². The van der Waals surface area contributed by atoms with Crippen LogP contribution in [0.1, 0.15) is 35.4 Å². The van der Waals surface area contributed by atoms with Gasteiger partial charge in [0.05, 0.1) is 32.1 Å². The average Bonchev–Trinajstić information content (AvgIpc) is 3.31. The number of hydrogen-bond donors (Lipinski definition) is 1. The zero-order valence-electron chi connectivity index (χ0n) is 15.1. The summed E-state index contributed by atoms with van der Waals surface area (Å²) in [4.78, 5) is 4.40. The van der Waals surface area contributed by atoms with Gasteiger partial charge in [-0.05, 0) is 30.7 Å². The molecule has 0 amide bonds. The van der Waals surface area contributed by atoms with Crippen molar-refractivity contribution in [3.8, 4) is 22.9 Å². The van der Waals surface area contributed by atoms with Gasteiger partial charge < -0.3 is 15.2 Å². The van der Waals surface area contributed by atoms with Crippen LogP contribution in [0.2, 0.25) is 0 Å². The van der Waals surface area contributed by atoms with Crippen LogP contribution in [-0.4, -0.2) is 21.9 Å². The number of methoxy groups -OCH3 is 1. The summed E-state index contributed by atoms with van der Waals surface area (Å²) in [5, 5.41) is 13.9. The van der Waals surface area contributed by atoms with Gasteiger partial charge in [-0.2, -0.15) is 10.4 Å². The SMILES string of the molecule is COc1ccc(-c2c(C#N)c(N)nc3c2CO[C@H]3C)cc1Cn1cccn1. The fourth-order valence-electron chi connectivity index (χ4n) is 3.49. The van der Waals surface area contributed by atoms with Crippen LogP contribution in [0.25, 0.3) is 11.1 Å². The highest BCUT2D eigenvalue weighted by molar-refractivity contribution is 5.80. The van der Waals surface area contributed by atoms with Crippen LogP contribution < -0.4 is 10.5 Å². The van der Waals surface area contributed by atoms with E-state index in [9.17, 15) is 5.26 Å². The first kappa shape index (κ1) is 17.1. The minimum absolute atomic E-state index is 0.143. The molecule has 0 bridgehead atoms. The van der Waals surface area contributed by atoms with Crippen molar-refractivity contribution < 1.29 is 9.47 Å². The third-order valence-electron chi connectivity index (χ3n) is 4.79. The number of pyridine rings is 1. The summed E-state index contributed by atoms with van der Waals surface area (Å²) >= 11 is 0. The molecule has 3 heterocycles. The van der Waals surface area contributed by atoms with Gasteiger partial charge in [0.2, 0.25) is 0 Å². The highest BCUT2D eigenvalue weighted by Crippen LogP contribution is 2.40. The molecule has 0 saturated heterocycles. The van der Waals surface area contributed by atoms with Gasteiger partial charge in [0.15, 0.2) is 0 Å². The summed E-state index contributed by atoms with van der Waals surface area (Å²) in [7, 11) is 1.64. The van der Waals surface area contributed by atoms with E-state index >= 15 is 0 Å². The van der Waals surface area contributed by atoms with E-state index in [-0.39, 0.29) is 11.9 Å². The number of nitriles is 1. The van der Waals surface area contributed by atoms with E-state index in [4.69, 9.17) is 15.2 Å². The van der Waals surface area contributed by atoms with Crippen molar-refractivity contribution in [2.24, 2.45) is 0 Å². The Morgan fingerprint density at radius 3 is 3.00 bits per heavy atom. The molecule has 0 aliphatic carbocycles. The summed E-state index contributed by atoms with van der Waals surface area (Å²) < 4.78 is 13.1. The highest BCUT2D eigenvalue weighted by atomic mass is 16.5. The Balaban J connectivity index is 1.89. The lowest BCUT2D eigenvalue weighted by atomic mass is 9.93. The van der Waals surface area contributed by atoms with Crippen LogP contribution in [0.3, 0.4) is 0 Å². The minimum Gasteiger partial charge on any atom is -0.496 e. The third kappa shape index (κ3) is 2.90. The molecule has 27 heavy (non-hydrogen) atoms. The molecule has 0 saturated carbocycles. The molecular weight excluding hydrogens is 342 g/mol. The van der Waals surface area contributed by atoms with Gasteiger partial charge in [0.25, 0.3) is 0 Å². The number of hydrogen-bond acceptors (Lipinski definition) is 6. The topological polar surface area (TPSA) is 99.0 Å². The maximum Gasteiger partial charge on any atom is 0.142 e. The largest absolute Gasteiger partial charge is 0.496 e. The van der Waals surface area contributed by atoms with Crippen LogP contribution in [0.15, 0.2) is 36.7 Å². The molecule has 0 unspecified atom stereocenters. The average molecular weight is 361 g/mol. The molecule has 0 radical (unpaired) electrons. The van der Waals surface area contributed by atoms with Gasteiger partial charge in [0.1, 0.15) is 23.2 Å². The predicted molar refractivity (Wildman–Crippen MR) is 99.9 cm³/mol. The number of benzene rings is 1. The lowest BCUT2D eigenvalue weighted by Gasteiger charge is -2.15. The number of fused-ring (bicyclic) bond motifs is 1. The van der Waals surface area contributed by atoms with Crippen molar-refractivity contribution in [3.63, 3.8) is 0 Å². The molecule has 1 aliphatic heterocycles. The normalized spacial score (nSPS) is 15.4. The lowest BCUT2D eigenvalue weighted by Crippen LogP contribution is -2.06. The Morgan fingerprint density at radius 2 is 2.30 bits per heavy atom. The quantitative estimate of drug-likeness (QED) is 0.767. The summed E-state index contributed by atoms with van der Waals surface area (Å²) in [6, 6.07) is 9.93. The molecule has 7 heteroatoms. The zero-order valence-corrected chi connectivity index (χ0v) is 15.1. The van der Waals surface area contributed by atoms with E-state index in [1.165, 1.54) is 0 Å². The number of aromatic nitrogens is 3. The van der Waals surface area contributed by atoms with E-state index in [0.29, 0.717) is 18.7 Å². The maximum atomic E-state index is 9.69. The van der Waals surface area contributed by atoms with E-state index in [0.717, 1.165) is 33.7 Å². The van der Waals surface area contributed by atoms with Crippen molar-refractivity contribution in [2.45, 2.75) is 26.2 Å². The minimum atomic E-state index is -0.143. The van der Waals surface area contributed by atoms with Gasteiger partial charge in [-0.1, -0.05) is 6.07 Å². The first-order valence-corrected chi connectivity index (χ1v) is 8.61. The maximum absolute atomic E-state index is 9.69. The summed E-state index contributed by atoms with van der Waals surface area (Å²) in [5.74, 6) is 0.990. The fourth-order valence-corrected chi connectivity index (χ4v) is 3.49. The first-order valence-electron chi connectivity index (χ1n) is 8.61. The van der Waals surface area contributed by atoms with E-state index in [1.807, 2.05) is 42.1 Å². The van der Waals surface area contributed by atoms with Crippen LogP contribution in [-0.2, 0) is 17.9 Å². The Bertz CT molecular complexity index is 1040. The number of nitrogens with two attached hydrogens (primary N) is 1. The molecule has 1 aliphatic rings. The molecule has 0 fully saturated rings. The molecular formula is C20H19N5O2. The molecule has 1 aromatic carbocycles. The second kappa shape index (κ2) is 6.74. The fraction of sp³-hybridized carbons (Fsp3) is 0.250. The number of nitrogens with zero attached hydrogens (tertiary/aromatic N) is 4. The molecule has 3 aromatic rings. The third-order valence-corrected chi connectivity index (χ3v) is 4.79. The Labute approximate surface area is 157 Å². The molecule has 2 N–H and O–H groups in total. The van der Waals surface area contributed by atoms with Gasteiger partial charge in [-0.3, -0.25) is 4.68 Å². The smallest absolute Gasteiger partial charge is 0.142 e. The zero-order chi connectivity index (χ0) is 19.0. The van der Waals surface area contributed by atoms with Crippen molar-refractivity contribution in [1.82, 2.24) is 14.8 Å².